The summed E-state index contributed by atoms with van der Waals surface area (Å²) >= 11 is 1.41. The topological polar surface area (TPSA) is 89.1 Å². The summed E-state index contributed by atoms with van der Waals surface area (Å²) in [5, 5.41) is 0.551. The Hall–Kier alpha value is -2.87. The van der Waals surface area contributed by atoms with Crippen LogP contribution in [0, 0.1) is 19.7 Å². The second kappa shape index (κ2) is 8.02. The molecule has 146 valence electrons. The molecule has 0 spiro atoms. The van der Waals surface area contributed by atoms with Crippen molar-refractivity contribution in [1.29, 1.82) is 0 Å². The average molecular weight is 402 g/mol. The molecule has 0 aliphatic rings. The summed E-state index contributed by atoms with van der Waals surface area (Å²) < 4.78 is 18.2. The highest BCUT2D eigenvalue weighted by Gasteiger charge is 2.19. The van der Waals surface area contributed by atoms with Gasteiger partial charge >= 0.3 is 5.97 Å². The maximum Gasteiger partial charge on any atom is 0.306 e. The highest BCUT2D eigenvalue weighted by Crippen LogP contribution is 2.27. The van der Waals surface area contributed by atoms with Gasteiger partial charge in [-0.3, -0.25) is 14.4 Å². The van der Waals surface area contributed by atoms with E-state index in [0.717, 1.165) is 10.4 Å². The van der Waals surface area contributed by atoms with E-state index < -0.39 is 17.9 Å². The summed E-state index contributed by atoms with van der Waals surface area (Å²) in [6.07, 6.45) is -0.929. The maximum absolute atomic E-state index is 12.9. The number of carbonyl (C=O) groups excluding carboxylic acids is 2. The summed E-state index contributed by atoms with van der Waals surface area (Å²) in [6, 6.07) is 5.14. The lowest BCUT2D eigenvalue weighted by atomic mass is 10.1. The number of halogens is 1. The fourth-order valence-corrected chi connectivity index (χ4v) is 3.81. The number of aromatic amines is 1. The number of fused-ring (bicyclic) bond motifs is 1. The first-order valence-electron chi connectivity index (χ1n) is 8.74. The Kier molecular flexibility index (Phi) is 5.69. The molecule has 0 fully saturated rings. The quantitative estimate of drug-likeness (QED) is 0.497. The number of nitrogens with one attached hydrogen (secondary N) is 1. The Morgan fingerprint density at radius 2 is 1.89 bits per heavy atom. The number of thiophene rings is 1. The number of esters is 1. The number of aryl methyl sites for hydroxylation is 2. The first-order valence-corrected chi connectivity index (χ1v) is 9.56. The third kappa shape index (κ3) is 4.17. The second-order valence-electron chi connectivity index (χ2n) is 6.48. The molecule has 0 saturated heterocycles. The fourth-order valence-electron chi connectivity index (χ4n) is 2.77. The number of nitrogens with zero attached hydrogens (tertiary/aromatic N) is 1. The van der Waals surface area contributed by atoms with Crippen LogP contribution in [0.1, 0.15) is 52.5 Å². The van der Waals surface area contributed by atoms with Gasteiger partial charge in [-0.25, -0.2) is 9.37 Å². The summed E-state index contributed by atoms with van der Waals surface area (Å²) in [5.74, 6) is -1.03. The van der Waals surface area contributed by atoms with Crippen molar-refractivity contribution in [3.63, 3.8) is 0 Å². The van der Waals surface area contributed by atoms with Crippen LogP contribution in [0.3, 0.4) is 0 Å². The van der Waals surface area contributed by atoms with E-state index in [-0.39, 0.29) is 30.0 Å². The van der Waals surface area contributed by atoms with Crippen LogP contribution in [0.15, 0.2) is 29.1 Å². The van der Waals surface area contributed by atoms with Gasteiger partial charge in [-0.2, -0.15) is 0 Å². The predicted octanol–water partition coefficient (Wildman–Crippen LogP) is 4.01. The molecule has 2 heterocycles. The molecule has 0 aliphatic carbocycles. The Morgan fingerprint density at radius 1 is 1.21 bits per heavy atom. The van der Waals surface area contributed by atoms with Crippen LogP contribution in [0.2, 0.25) is 0 Å². The van der Waals surface area contributed by atoms with Gasteiger partial charge in [-0.1, -0.05) is 0 Å². The Labute approximate surface area is 164 Å². The maximum atomic E-state index is 12.9. The molecule has 0 aliphatic heterocycles. The molecule has 0 bridgehead atoms. The lowest BCUT2D eigenvalue weighted by Gasteiger charge is -2.12. The van der Waals surface area contributed by atoms with Crippen LogP contribution in [-0.4, -0.2) is 21.7 Å². The number of carbonyl (C=O) groups is 2. The van der Waals surface area contributed by atoms with Crippen LogP contribution in [0.4, 0.5) is 4.39 Å². The van der Waals surface area contributed by atoms with Crippen molar-refractivity contribution in [3.05, 3.63) is 62.3 Å². The van der Waals surface area contributed by atoms with Crippen molar-refractivity contribution in [3.8, 4) is 0 Å². The van der Waals surface area contributed by atoms with E-state index in [1.54, 1.807) is 6.92 Å². The third-order valence-corrected chi connectivity index (χ3v) is 5.57. The highest BCUT2D eigenvalue weighted by molar-refractivity contribution is 7.18. The molecule has 3 rings (SSSR count). The van der Waals surface area contributed by atoms with Crippen LogP contribution in [0.5, 0.6) is 0 Å². The summed E-state index contributed by atoms with van der Waals surface area (Å²) in [4.78, 5) is 45.1. The lowest BCUT2D eigenvalue weighted by Crippen LogP contribution is -2.17. The highest BCUT2D eigenvalue weighted by atomic mass is 32.1. The van der Waals surface area contributed by atoms with Gasteiger partial charge in [0.05, 0.1) is 11.8 Å². The van der Waals surface area contributed by atoms with E-state index in [1.807, 2.05) is 13.8 Å². The number of ether oxygens (including phenoxy) is 1. The lowest BCUT2D eigenvalue weighted by molar-refractivity contribution is -0.148. The molecule has 2 aromatic heterocycles. The number of ketones is 1. The number of benzene rings is 1. The van der Waals surface area contributed by atoms with Crippen molar-refractivity contribution < 1.29 is 18.7 Å². The summed E-state index contributed by atoms with van der Waals surface area (Å²) in [7, 11) is 0. The van der Waals surface area contributed by atoms with E-state index in [4.69, 9.17) is 4.74 Å². The molecule has 8 heteroatoms. The predicted molar refractivity (Wildman–Crippen MR) is 104 cm³/mol. The SMILES string of the molecule is Cc1sc2nc([C@@H](C)OC(=O)CCC(=O)c3ccc(F)cc3)[nH]c(=O)c2c1C. The number of aromatic nitrogens is 2. The molecule has 3 aromatic rings. The van der Waals surface area contributed by atoms with E-state index >= 15 is 0 Å². The summed E-state index contributed by atoms with van der Waals surface area (Å²) in [6.45, 7) is 5.39. The molecule has 1 aromatic carbocycles. The zero-order valence-corrected chi connectivity index (χ0v) is 16.5. The van der Waals surface area contributed by atoms with E-state index in [2.05, 4.69) is 9.97 Å². The molecule has 0 saturated carbocycles. The first-order chi connectivity index (χ1) is 13.3. The average Bonchev–Trinajstić information content (AvgIpc) is 2.94. The van der Waals surface area contributed by atoms with Gasteiger partial charge < -0.3 is 9.72 Å². The molecule has 1 N–H and O–H groups in total. The monoisotopic (exact) mass is 402 g/mol. The van der Waals surface area contributed by atoms with Crippen LogP contribution >= 0.6 is 11.3 Å². The van der Waals surface area contributed by atoms with Crippen molar-refractivity contribution in [2.24, 2.45) is 0 Å². The van der Waals surface area contributed by atoms with Crippen molar-refractivity contribution >= 4 is 33.3 Å². The van der Waals surface area contributed by atoms with Crippen molar-refractivity contribution in [2.45, 2.75) is 39.7 Å². The second-order valence-corrected chi connectivity index (χ2v) is 7.68. The molecule has 6 nitrogen and oxygen atoms in total. The van der Waals surface area contributed by atoms with Gasteiger partial charge in [0, 0.05) is 16.9 Å². The Balaban J connectivity index is 1.64. The van der Waals surface area contributed by atoms with Crippen LogP contribution < -0.4 is 5.56 Å². The number of Topliss-reactive ketones (excluding diaryl/α,β-unsaturated/α-hetero) is 1. The molecule has 0 amide bonds. The zero-order valence-electron chi connectivity index (χ0n) is 15.7. The summed E-state index contributed by atoms with van der Waals surface area (Å²) in [5.41, 5.74) is 0.961. The number of hydrogen-bond acceptors (Lipinski definition) is 6. The standard InChI is InChI=1S/C20H19FN2O4S/c1-10-12(3)28-20-17(10)19(26)22-18(23-20)11(2)27-16(25)9-8-15(24)13-4-6-14(21)7-5-13/h4-7,11H,8-9H2,1-3H3,(H,22,23,26)/t11-/m1/s1. The molecule has 1 atom stereocenters. The zero-order chi connectivity index (χ0) is 20.4. The molecule has 0 radical (unpaired) electrons. The largest absolute Gasteiger partial charge is 0.454 e. The fraction of sp³-hybridized carbons (Fsp3) is 0.300. The molecule has 0 unspecified atom stereocenters. The van der Waals surface area contributed by atoms with E-state index in [0.29, 0.717) is 15.8 Å². The van der Waals surface area contributed by atoms with E-state index in [9.17, 15) is 18.8 Å². The molecular formula is C20H19FN2O4S. The number of H-pyrrole nitrogens is 1. The number of rotatable bonds is 6. The number of hydrogen-bond donors (Lipinski definition) is 1. The van der Waals surface area contributed by atoms with Crippen LogP contribution in [-0.2, 0) is 9.53 Å². The van der Waals surface area contributed by atoms with Gasteiger partial charge in [-0.05, 0) is 50.6 Å². The minimum absolute atomic E-state index is 0.0521. The minimum Gasteiger partial charge on any atom is -0.454 e. The van der Waals surface area contributed by atoms with Crippen molar-refractivity contribution in [1.82, 2.24) is 9.97 Å². The first kappa shape index (κ1) is 19.9. The van der Waals surface area contributed by atoms with Gasteiger partial charge in [0.25, 0.3) is 5.56 Å². The van der Waals surface area contributed by atoms with E-state index in [1.165, 1.54) is 35.6 Å². The van der Waals surface area contributed by atoms with Crippen LogP contribution in [0.25, 0.3) is 10.2 Å². The molecule has 28 heavy (non-hydrogen) atoms. The normalized spacial score (nSPS) is 12.1. The van der Waals surface area contributed by atoms with Gasteiger partial charge in [0.1, 0.15) is 10.6 Å². The van der Waals surface area contributed by atoms with Gasteiger partial charge in [0.2, 0.25) is 0 Å². The Bertz CT molecular complexity index is 1100. The minimum atomic E-state index is -0.756. The Morgan fingerprint density at radius 3 is 2.57 bits per heavy atom. The molecular weight excluding hydrogens is 383 g/mol. The van der Waals surface area contributed by atoms with Gasteiger partial charge in [-0.15, -0.1) is 11.3 Å². The van der Waals surface area contributed by atoms with Crippen molar-refractivity contribution in [2.75, 3.05) is 0 Å². The van der Waals surface area contributed by atoms with Gasteiger partial charge in [0.15, 0.2) is 17.7 Å². The third-order valence-electron chi connectivity index (χ3n) is 4.47. The smallest absolute Gasteiger partial charge is 0.306 e.